The summed E-state index contributed by atoms with van der Waals surface area (Å²) < 4.78 is 11.7. The molecule has 0 fully saturated rings. The summed E-state index contributed by atoms with van der Waals surface area (Å²) in [5.41, 5.74) is 2.25. The van der Waals surface area contributed by atoms with Crippen molar-refractivity contribution in [1.82, 2.24) is 4.90 Å². The quantitative estimate of drug-likeness (QED) is 0.527. The number of rotatable bonds is 6. The molecule has 1 amide bonds. The van der Waals surface area contributed by atoms with Crippen molar-refractivity contribution in [3.05, 3.63) is 81.2 Å². The van der Waals surface area contributed by atoms with Gasteiger partial charge in [-0.25, -0.2) is 0 Å². The average molecular weight is 470 g/mol. The van der Waals surface area contributed by atoms with Gasteiger partial charge in [0.15, 0.2) is 11.5 Å². The first kappa shape index (κ1) is 20.4. The summed E-state index contributed by atoms with van der Waals surface area (Å²) in [5, 5.41) is 11.4. The van der Waals surface area contributed by atoms with Crippen molar-refractivity contribution in [2.75, 3.05) is 20.3 Å². The predicted octanol–water partition coefficient (Wildman–Crippen LogP) is 4.73. The lowest BCUT2D eigenvalue weighted by molar-refractivity contribution is -0.130. The van der Waals surface area contributed by atoms with Crippen molar-refractivity contribution in [2.24, 2.45) is 0 Å². The van der Waals surface area contributed by atoms with Gasteiger partial charge in [0.1, 0.15) is 5.58 Å². The molecule has 0 radical (unpaired) electrons. The third-order valence-electron chi connectivity index (χ3n) is 5.27. The van der Waals surface area contributed by atoms with Gasteiger partial charge in [-0.15, -0.1) is 0 Å². The number of aryl methyl sites for hydroxylation is 1. The molecule has 6 nitrogen and oxygen atoms in total. The summed E-state index contributed by atoms with van der Waals surface area (Å²) in [6.07, 6.45) is 0. The highest BCUT2D eigenvalue weighted by atomic mass is 79.9. The lowest BCUT2D eigenvalue weighted by Crippen LogP contribution is -2.34. The van der Waals surface area contributed by atoms with Crippen molar-refractivity contribution in [2.45, 2.75) is 13.0 Å². The normalized spacial score (nSPS) is 16.7. The van der Waals surface area contributed by atoms with Crippen LogP contribution in [0.2, 0.25) is 0 Å². The molecule has 1 aliphatic rings. The van der Waals surface area contributed by atoms with E-state index >= 15 is 0 Å². The molecular weight excluding hydrogens is 450 g/mol. The smallest absolute Gasteiger partial charge is 0.290 e. The molecule has 154 valence electrons. The van der Waals surface area contributed by atoms with E-state index in [1.165, 1.54) is 12.0 Å². The van der Waals surface area contributed by atoms with Gasteiger partial charge in [0.05, 0.1) is 18.2 Å². The average Bonchev–Trinajstić information content (AvgIpc) is 3.25. The molecule has 1 aliphatic heterocycles. The minimum atomic E-state index is -0.721. The molecule has 0 saturated heterocycles. The fourth-order valence-electron chi connectivity index (χ4n) is 3.78. The van der Waals surface area contributed by atoms with E-state index in [1.54, 1.807) is 12.1 Å². The van der Waals surface area contributed by atoms with E-state index in [-0.39, 0.29) is 24.5 Å². The zero-order chi connectivity index (χ0) is 21.4. The van der Waals surface area contributed by atoms with Crippen LogP contribution < -0.4 is 0 Å². The maximum absolute atomic E-state index is 13.4. The van der Waals surface area contributed by atoms with Crippen LogP contribution in [-0.4, -0.2) is 42.0 Å². The van der Waals surface area contributed by atoms with Crippen LogP contribution in [0.1, 0.15) is 27.7 Å². The number of halogens is 1. The molecule has 7 heteroatoms. The second-order valence-corrected chi connectivity index (χ2v) is 8.05. The Morgan fingerprint density at radius 1 is 1.23 bits per heavy atom. The molecule has 1 aromatic heterocycles. The first-order chi connectivity index (χ1) is 14.4. The summed E-state index contributed by atoms with van der Waals surface area (Å²) in [5.74, 6) is -1.58. The van der Waals surface area contributed by atoms with E-state index in [2.05, 4.69) is 15.9 Å². The van der Waals surface area contributed by atoms with Crippen LogP contribution >= 0.6 is 15.9 Å². The molecule has 0 aliphatic carbocycles. The Hall–Kier alpha value is -2.90. The van der Waals surface area contributed by atoms with E-state index in [9.17, 15) is 14.7 Å². The molecule has 30 heavy (non-hydrogen) atoms. The molecule has 1 N–H and O–H groups in total. The van der Waals surface area contributed by atoms with Gasteiger partial charge in [0.25, 0.3) is 5.91 Å². The molecule has 1 unspecified atom stereocenters. The van der Waals surface area contributed by atoms with Gasteiger partial charge in [-0.2, -0.15) is 0 Å². The van der Waals surface area contributed by atoms with E-state index in [0.29, 0.717) is 5.58 Å². The van der Waals surface area contributed by atoms with Gasteiger partial charge in [-0.05, 0) is 42.3 Å². The zero-order valence-corrected chi connectivity index (χ0v) is 18.1. The van der Waals surface area contributed by atoms with Crippen LogP contribution in [0.3, 0.4) is 0 Å². The van der Waals surface area contributed by atoms with Gasteiger partial charge in [0.2, 0.25) is 5.78 Å². The number of carbonyl (C=O) groups excluding carboxylic acids is 2. The number of hydrogen-bond acceptors (Lipinski definition) is 5. The topological polar surface area (TPSA) is 80.0 Å². The Labute approximate surface area is 181 Å². The van der Waals surface area contributed by atoms with Crippen LogP contribution in [-0.2, 0) is 9.53 Å². The molecule has 2 heterocycles. The molecule has 0 bridgehead atoms. The Morgan fingerprint density at radius 3 is 2.73 bits per heavy atom. The van der Waals surface area contributed by atoms with Gasteiger partial charge >= 0.3 is 0 Å². The number of ether oxygens (including phenoxy) is 1. The minimum absolute atomic E-state index is 0.0172. The molecule has 3 aromatic rings. The number of benzene rings is 2. The maximum Gasteiger partial charge on any atom is 0.290 e. The second kappa shape index (κ2) is 8.08. The molecule has 4 rings (SSSR count). The van der Waals surface area contributed by atoms with Gasteiger partial charge in [0, 0.05) is 23.5 Å². The highest BCUT2D eigenvalue weighted by molar-refractivity contribution is 9.10. The number of aliphatic hydroxyl groups excluding tert-OH is 1. The Morgan fingerprint density at radius 2 is 2.00 bits per heavy atom. The SMILES string of the molecule is COCCN1C(=O)C(O)=C(C(=O)c2cc3cc(Br)ccc3o2)C1c1ccccc1C. The number of methoxy groups -OCH3 is 1. The summed E-state index contributed by atoms with van der Waals surface area (Å²) >= 11 is 3.40. The predicted molar refractivity (Wildman–Crippen MR) is 115 cm³/mol. The molecular formula is C23H20BrNO5. The van der Waals surface area contributed by atoms with Crippen LogP contribution in [0.15, 0.2) is 68.8 Å². The molecule has 0 saturated carbocycles. The number of furan rings is 1. The van der Waals surface area contributed by atoms with Gasteiger partial charge < -0.3 is 19.2 Å². The van der Waals surface area contributed by atoms with Crippen molar-refractivity contribution >= 4 is 38.6 Å². The van der Waals surface area contributed by atoms with Crippen LogP contribution in [0.25, 0.3) is 11.0 Å². The van der Waals surface area contributed by atoms with Crippen LogP contribution in [0, 0.1) is 6.92 Å². The van der Waals surface area contributed by atoms with Crippen molar-refractivity contribution in [1.29, 1.82) is 0 Å². The summed E-state index contributed by atoms with van der Waals surface area (Å²) in [6.45, 7) is 2.42. The number of aliphatic hydroxyl groups is 1. The standard InChI is InChI=1S/C23H20BrNO5/c1-13-5-3-4-6-16(13)20-19(22(27)23(28)25(20)9-10-29-2)21(26)18-12-14-11-15(24)7-8-17(14)30-18/h3-8,11-12,20,27H,9-10H2,1-2H3. The van der Waals surface area contributed by atoms with E-state index < -0.39 is 23.5 Å². The number of amides is 1. The molecule has 1 atom stereocenters. The van der Waals surface area contributed by atoms with Gasteiger partial charge in [-0.3, -0.25) is 9.59 Å². The lowest BCUT2D eigenvalue weighted by Gasteiger charge is -2.27. The number of fused-ring (bicyclic) bond motifs is 1. The minimum Gasteiger partial charge on any atom is -0.503 e. The van der Waals surface area contributed by atoms with E-state index in [4.69, 9.17) is 9.15 Å². The van der Waals surface area contributed by atoms with Crippen LogP contribution in [0.4, 0.5) is 0 Å². The fourth-order valence-corrected chi connectivity index (χ4v) is 4.16. The number of carbonyl (C=O) groups is 2. The summed E-state index contributed by atoms with van der Waals surface area (Å²) in [6, 6.07) is 13.8. The first-order valence-corrected chi connectivity index (χ1v) is 10.2. The largest absolute Gasteiger partial charge is 0.503 e. The second-order valence-electron chi connectivity index (χ2n) is 7.13. The maximum atomic E-state index is 13.4. The number of ketones is 1. The monoisotopic (exact) mass is 469 g/mol. The number of Topliss-reactive ketones (excluding diaryl/α,β-unsaturated/α-hetero) is 1. The highest BCUT2D eigenvalue weighted by Crippen LogP contribution is 2.40. The first-order valence-electron chi connectivity index (χ1n) is 9.44. The third kappa shape index (κ3) is 3.44. The summed E-state index contributed by atoms with van der Waals surface area (Å²) in [4.78, 5) is 27.7. The highest BCUT2D eigenvalue weighted by Gasteiger charge is 2.44. The summed E-state index contributed by atoms with van der Waals surface area (Å²) in [7, 11) is 1.54. The van der Waals surface area contributed by atoms with Crippen molar-refractivity contribution in [3.63, 3.8) is 0 Å². The molecule has 0 spiro atoms. The van der Waals surface area contributed by atoms with Crippen molar-refractivity contribution < 1.29 is 23.8 Å². The van der Waals surface area contributed by atoms with Crippen molar-refractivity contribution in [3.8, 4) is 0 Å². The fraction of sp³-hybridized carbons (Fsp3) is 0.217. The third-order valence-corrected chi connectivity index (χ3v) is 5.76. The lowest BCUT2D eigenvalue weighted by atomic mass is 9.92. The number of hydrogen-bond donors (Lipinski definition) is 1. The Kier molecular flexibility index (Phi) is 5.49. The Balaban J connectivity index is 1.82. The molecule has 2 aromatic carbocycles. The zero-order valence-electron chi connectivity index (χ0n) is 16.5. The number of nitrogens with zero attached hydrogens (tertiary/aromatic N) is 1. The van der Waals surface area contributed by atoms with E-state index in [1.807, 2.05) is 43.3 Å². The Bertz CT molecular complexity index is 1180. The van der Waals surface area contributed by atoms with Crippen LogP contribution in [0.5, 0.6) is 0 Å². The van der Waals surface area contributed by atoms with E-state index in [0.717, 1.165) is 21.0 Å². The van der Waals surface area contributed by atoms with Gasteiger partial charge in [-0.1, -0.05) is 40.2 Å².